The molecule has 22 heavy (non-hydrogen) atoms. The number of carbonyl (C=O) groups is 1. The molecule has 3 saturated heterocycles. The normalized spacial score (nSPS) is 28.2. The lowest BCUT2D eigenvalue weighted by molar-refractivity contribution is -0.167. The van der Waals surface area contributed by atoms with E-state index in [2.05, 4.69) is 0 Å². The summed E-state index contributed by atoms with van der Waals surface area (Å²) >= 11 is 0. The lowest BCUT2D eigenvalue weighted by Crippen LogP contribution is -2.59. The monoisotopic (exact) mass is 332 g/mol. The number of morpholine rings is 1. The number of hydrogen-bond acceptors (Lipinski definition) is 5. The number of piperidine rings is 1. The molecule has 0 saturated carbocycles. The van der Waals surface area contributed by atoms with Crippen molar-refractivity contribution in [2.24, 2.45) is 0 Å². The molecule has 1 amide bonds. The molecular weight excluding hydrogens is 308 g/mol. The van der Waals surface area contributed by atoms with E-state index < -0.39 is 10.0 Å². The second-order valence-corrected chi connectivity index (χ2v) is 8.69. The number of hydrogen-bond donors (Lipinski definition) is 0. The highest BCUT2D eigenvalue weighted by Crippen LogP contribution is 2.32. The third kappa shape index (κ3) is 3.02. The zero-order valence-corrected chi connectivity index (χ0v) is 13.8. The maximum Gasteiger partial charge on any atom is 0.248 e. The van der Waals surface area contributed by atoms with Crippen LogP contribution in [0.15, 0.2) is 0 Å². The van der Waals surface area contributed by atoms with Crippen molar-refractivity contribution in [3.8, 4) is 0 Å². The standard InChI is InChI=1S/C14H24N2O5S/c1-15-11-14(21-10-13(15)17)4-6-16(7-5-14)22(18,19)12-2-8-20-9-3-12/h12H,2-11H2,1H3. The van der Waals surface area contributed by atoms with Gasteiger partial charge in [-0.2, -0.15) is 0 Å². The summed E-state index contributed by atoms with van der Waals surface area (Å²) in [6.07, 6.45) is 2.45. The molecule has 126 valence electrons. The van der Waals surface area contributed by atoms with E-state index in [1.807, 2.05) is 0 Å². The minimum Gasteiger partial charge on any atom is -0.381 e. The lowest BCUT2D eigenvalue weighted by atomic mass is 9.90. The van der Waals surface area contributed by atoms with Gasteiger partial charge in [0.1, 0.15) is 6.61 Å². The average Bonchev–Trinajstić information content (AvgIpc) is 2.53. The number of carbonyl (C=O) groups excluding carboxylic acids is 1. The first-order chi connectivity index (χ1) is 10.4. The Bertz CT molecular complexity index is 521. The van der Waals surface area contributed by atoms with Crippen LogP contribution in [-0.2, 0) is 24.3 Å². The van der Waals surface area contributed by atoms with Gasteiger partial charge in [0.05, 0.1) is 10.9 Å². The number of likely N-dealkylation sites (N-methyl/N-ethyl adjacent to an activating group) is 1. The molecule has 8 heteroatoms. The number of ether oxygens (including phenoxy) is 2. The van der Waals surface area contributed by atoms with Crippen molar-refractivity contribution >= 4 is 15.9 Å². The number of nitrogens with zero attached hydrogens (tertiary/aromatic N) is 2. The number of sulfonamides is 1. The summed E-state index contributed by atoms with van der Waals surface area (Å²) in [6.45, 7) is 2.65. The molecule has 0 aromatic carbocycles. The van der Waals surface area contributed by atoms with Crippen LogP contribution in [0.1, 0.15) is 25.7 Å². The van der Waals surface area contributed by atoms with Crippen LogP contribution in [0.3, 0.4) is 0 Å². The molecule has 0 aromatic rings. The molecule has 0 bridgehead atoms. The Morgan fingerprint density at radius 2 is 1.82 bits per heavy atom. The molecule has 0 atom stereocenters. The summed E-state index contributed by atoms with van der Waals surface area (Å²) in [5.74, 6) is -0.0112. The van der Waals surface area contributed by atoms with Crippen molar-refractivity contribution in [3.63, 3.8) is 0 Å². The SMILES string of the molecule is CN1CC2(CCN(S(=O)(=O)C3CCOCC3)CC2)OCC1=O. The van der Waals surface area contributed by atoms with Gasteiger partial charge in [-0.15, -0.1) is 0 Å². The maximum absolute atomic E-state index is 12.7. The Kier molecular flexibility index (Phi) is 4.46. The first-order valence-electron chi connectivity index (χ1n) is 7.88. The molecule has 1 spiro atoms. The van der Waals surface area contributed by atoms with E-state index in [9.17, 15) is 13.2 Å². The third-order valence-electron chi connectivity index (χ3n) is 5.04. The molecule has 0 aliphatic carbocycles. The largest absolute Gasteiger partial charge is 0.381 e. The Labute approximate surface area is 131 Å². The van der Waals surface area contributed by atoms with Crippen molar-refractivity contribution < 1.29 is 22.7 Å². The lowest BCUT2D eigenvalue weighted by Gasteiger charge is -2.46. The van der Waals surface area contributed by atoms with Crippen LogP contribution in [0, 0.1) is 0 Å². The average molecular weight is 332 g/mol. The van der Waals surface area contributed by atoms with Crippen molar-refractivity contribution in [1.82, 2.24) is 9.21 Å². The van der Waals surface area contributed by atoms with Gasteiger partial charge in [-0.05, 0) is 25.7 Å². The van der Waals surface area contributed by atoms with Crippen LogP contribution in [0.2, 0.25) is 0 Å². The Morgan fingerprint density at radius 3 is 2.41 bits per heavy atom. The zero-order valence-electron chi connectivity index (χ0n) is 13.0. The van der Waals surface area contributed by atoms with Crippen LogP contribution in [0.4, 0.5) is 0 Å². The van der Waals surface area contributed by atoms with E-state index >= 15 is 0 Å². The predicted molar refractivity (Wildman–Crippen MR) is 79.9 cm³/mol. The molecule has 3 fully saturated rings. The second-order valence-electron chi connectivity index (χ2n) is 6.48. The summed E-state index contributed by atoms with van der Waals surface area (Å²) in [5.41, 5.74) is -0.371. The van der Waals surface area contributed by atoms with Crippen molar-refractivity contribution in [3.05, 3.63) is 0 Å². The van der Waals surface area contributed by atoms with Gasteiger partial charge in [0.2, 0.25) is 15.9 Å². The molecule has 7 nitrogen and oxygen atoms in total. The smallest absolute Gasteiger partial charge is 0.248 e. The fourth-order valence-corrected chi connectivity index (χ4v) is 5.43. The fourth-order valence-electron chi connectivity index (χ4n) is 3.53. The molecule has 3 heterocycles. The van der Waals surface area contributed by atoms with Crippen molar-refractivity contribution in [2.45, 2.75) is 36.5 Å². The summed E-state index contributed by atoms with van der Waals surface area (Å²) < 4.78 is 38.0. The summed E-state index contributed by atoms with van der Waals surface area (Å²) in [7, 11) is -1.47. The predicted octanol–water partition coefficient (Wildman–Crippen LogP) is -0.182. The second kappa shape index (κ2) is 6.07. The highest BCUT2D eigenvalue weighted by atomic mass is 32.2. The van der Waals surface area contributed by atoms with Gasteiger partial charge < -0.3 is 14.4 Å². The highest BCUT2D eigenvalue weighted by Gasteiger charge is 2.44. The van der Waals surface area contributed by atoms with Crippen LogP contribution in [0.5, 0.6) is 0 Å². The minimum absolute atomic E-state index is 0.0112. The number of rotatable bonds is 2. The first kappa shape index (κ1) is 16.2. The molecule has 3 rings (SSSR count). The minimum atomic E-state index is -3.25. The van der Waals surface area contributed by atoms with Gasteiger partial charge in [0, 0.05) is 39.9 Å². The van der Waals surface area contributed by atoms with Crippen LogP contribution >= 0.6 is 0 Å². The van der Waals surface area contributed by atoms with Gasteiger partial charge in [-0.3, -0.25) is 4.79 Å². The van der Waals surface area contributed by atoms with Gasteiger partial charge in [-0.1, -0.05) is 0 Å². The van der Waals surface area contributed by atoms with Gasteiger partial charge >= 0.3 is 0 Å². The van der Waals surface area contributed by atoms with Gasteiger partial charge in [0.25, 0.3) is 0 Å². The van der Waals surface area contributed by atoms with Crippen LogP contribution in [-0.4, -0.2) is 80.9 Å². The van der Waals surface area contributed by atoms with E-state index in [-0.39, 0.29) is 23.4 Å². The zero-order chi connectivity index (χ0) is 15.8. The van der Waals surface area contributed by atoms with Crippen LogP contribution in [0.25, 0.3) is 0 Å². The van der Waals surface area contributed by atoms with Gasteiger partial charge in [0.15, 0.2) is 0 Å². The summed E-state index contributed by atoms with van der Waals surface area (Å²) in [4.78, 5) is 13.2. The van der Waals surface area contributed by atoms with E-state index in [0.717, 1.165) is 0 Å². The van der Waals surface area contributed by atoms with E-state index in [1.165, 1.54) is 0 Å². The molecular formula is C14H24N2O5S. The molecule has 0 unspecified atom stereocenters. The number of amides is 1. The molecule has 0 radical (unpaired) electrons. The van der Waals surface area contributed by atoms with E-state index in [4.69, 9.17) is 9.47 Å². The van der Waals surface area contributed by atoms with Crippen molar-refractivity contribution in [2.75, 3.05) is 46.5 Å². The fraction of sp³-hybridized carbons (Fsp3) is 0.929. The molecule has 0 aromatic heterocycles. The topological polar surface area (TPSA) is 76.2 Å². The van der Waals surface area contributed by atoms with Gasteiger partial charge in [-0.25, -0.2) is 12.7 Å². The Morgan fingerprint density at radius 1 is 1.18 bits per heavy atom. The maximum atomic E-state index is 12.7. The summed E-state index contributed by atoms with van der Waals surface area (Å²) in [5, 5.41) is -0.313. The van der Waals surface area contributed by atoms with Crippen LogP contribution < -0.4 is 0 Å². The quantitative estimate of drug-likeness (QED) is 0.701. The molecule has 0 N–H and O–H groups in total. The molecule has 3 aliphatic rings. The van der Waals surface area contributed by atoms with E-state index in [0.29, 0.717) is 58.5 Å². The van der Waals surface area contributed by atoms with E-state index in [1.54, 1.807) is 16.3 Å². The van der Waals surface area contributed by atoms with Crippen molar-refractivity contribution in [1.29, 1.82) is 0 Å². The summed E-state index contributed by atoms with van der Waals surface area (Å²) in [6, 6.07) is 0. The third-order valence-corrected chi connectivity index (χ3v) is 7.43. The Balaban J connectivity index is 1.62. The molecule has 3 aliphatic heterocycles. The Hall–Kier alpha value is -0.700. The first-order valence-corrected chi connectivity index (χ1v) is 9.38. The highest BCUT2D eigenvalue weighted by molar-refractivity contribution is 7.89.